The third-order valence-corrected chi connectivity index (χ3v) is 4.59. The summed E-state index contributed by atoms with van der Waals surface area (Å²) in [5, 5.41) is 5.83. The van der Waals surface area contributed by atoms with Crippen LogP contribution in [0.4, 0.5) is 14.5 Å². The van der Waals surface area contributed by atoms with Gasteiger partial charge in [-0.05, 0) is 22.0 Å². The second kappa shape index (κ2) is 5.77. The molecule has 2 rings (SSSR count). The third-order valence-electron chi connectivity index (χ3n) is 2.66. The number of anilines is 1. The van der Waals surface area contributed by atoms with Crippen molar-refractivity contribution in [2.45, 2.75) is 32.7 Å². The van der Waals surface area contributed by atoms with Gasteiger partial charge in [-0.3, -0.25) is 0 Å². The lowest BCUT2D eigenvalue weighted by Crippen LogP contribution is -2.11. The maximum Gasteiger partial charge on any atom is 0.147 e. The Morgan fingerprint density at radius 2 is 1.95 bits per heavy atom. The molecule has 0 aliphatic heterocycles. The molecule has 2 nitrogen and oxygen atoms in total. The van der Waals surface area contributed by atoms with Crippen LogP contribution in [0.25, 0.3) is 0 Å². The van der Waals surface area contributed by atoms with Gasteiger partial charge in [-0.2, -0.15) is 0 Å². The zero-order chi connectivity index (χ0) is 14.9. The number of halogens is 3. The molecule has 1 aromatic heterocycles. The number of hydrogen-bond donors (Lipinski definition) is 1. The number of nitrogens with zero attached hydrogens (tertiary/aromatic N) is 1. The fraction of sp³-hybridized carbons (Fsp3) is 0.357. The van der Waals surface area contributed by atoms with E-state index in [9.17, 15) is 8.78 Å². The van der Waals surface area contributed by atoms with Gasteiger partial charge in [-0.25, -0.2) is 13.8 Å². The maximum atomic E-state index is 13.7. The van der Waals surface area contributed by atoms with Crippen LogP contribution in [0, 0.1) is 11.6 Å². The summed E-state index contributed by atoms with van der Waals surface area (Å²) >= 11 is 4.52. The van der Waals surface area contributed by atoms with Crippen LogP contribution in [0.2, 0.25) is 0 Å². The minimum absolute atomic E-state index is 0.00210. The number of aromatic nitrogens is 1. The van der Waals surface area contributed by atoms with E-state index in [2.05, 4.69) is 47.0 Å². The molecule has 0 amide bonds. The van der Waals surface area contributed by atoms with Gasteiger partial charge in [0.05, 0.1) is 27.4 Å². The van der Waals surface area contributed by atoms with Gasteiger partial charge < -0.3 is 5.32 Å². The fourth-order valence-electron chi connectivity index (χ4n) is 1.58. The number of thiazole rings is 1. The Bertz CT molecular complexity index is 620. The molecule has 2 aromatic rings. The molecule has 0 unspecified atom stereocenters. The highest BCUT2D eigenvalue weighted by Gasteiger charge is 2.18. The lowest BCUT2D eigenvalue weighted by atomic mass is 9.98. The molecule has 0 atom stereocenters. The van der Waals surface area contributed by atoms with Crippen LogP contribution in [0.3, 0.4) is 0 Å². The molecule has 0 aliphatic carbocycles. The van der Waals surface area contributed by atoms with Crippen molar-refractivity contribution in [1.29, 1.82) is 0 Å². The van der Waals surface area contributed by atoms with Crippen LogP contribution in [0.5, 0.6) is 0 Å². The molecule has 0 radical (unpaired) electrons. The summed E-state index contributed by atoms with van der Waals surface area (Å²) in [5.41, 5.74) is 0.955. The van der Waals surface area contributed by atoms with Gasteiger partial charge in [0.1, 0.15) is 11.6 Å². The molecule has 0 bridgehead atoms. The van der Waals surface area contributed by atoms with Crippen LogP contribution in [0.15, 0.2) is 22.0 Å². The molecular weight excluding hydrogens is 346 g/mol. The third kappa shape index (κ3) is 3.55. The normalized spacial score (nSPS) is 11.7. The molecule has 0 aliphatic rings. The number of hydrogen-bond acceptors (Lipinski definition) is 3. The molecule has 0 saturated heterocycles. The molecular formula is C14H15BrF2N2S. The minimum atomic E-state index is -0.498. The van der Waals surface area contributed by atoms with E-state index in [1.807, 2.05) is 5.38 Å². The van der Waals surface area contributed by atoms with Gasteiger partial charge in [0, 0.05) is 16.9 Å². The number of rotatable bonds is 3. The molecule has 0 spiro atoms. The molecule has 1 N–H and O–H groups in total. The first-order valence-electron chi connectivity index (χ1n) is 6.10. The van der Waals surface area contributed by atoms with E-state index in [1.54, 1.807) is 11.3 Å². The topological polar surface area (TPSA) is 24.9 Å². The summed E-state index contributed by atoms with van der Waals surface area (Å²) in [6, 6.07) is 2.25. The van der Waals surface area contributed by atoms with Crippen molar-refractivity contribution in [3.8, 4) is 0 Å². The predicted molar refractivity (Wildman–Crippen MR) is 82.2 cm³/mol. The molecule has 0 saturated carbocycles. The highest BCUT2D eigenvalue weighted by molar-refractivity contribution is 9.10. The van der Waals surface area contributed by atoms with E-state index in [0.29, 0.717) is 6.54 Å². The Hall–Kier alpha value is -1.01. The van der Waals surface area contributed by atoms with E-state index in [-0.39, 0.29) is 15.6 Å². The van der Waals surface area contributed by atoms with Crippen LogP contribution < -0.4 is 5.32 Å². The Kier molecular flexibility index (Phi) is 4.44. The summed E-state index contributed by atoms with van der Waals surface area (Å²) in [4.78, 5) is 4.50. The molecule has 6 heteroatoms. The first kappa shape index (κ1) is 15.4. The average Bonchev–Trinajstić information content (AvgIpc) is 2.80. The number of nitrogens with one attached hydrogen (secondary N) is 1. The van der Waals surface area contributed by atoms with Crippen LogP contribution in [-0.4, -0.2) is 4.98 Å². The van der Waals surface area contributed by atoms with Gasteiger partial charge in [0.25, 0.3) is 0 Å². The van der Waals surface area contributed by atoms with Gasteiger partial charge in [-0.1, -0.05) is 20.8 Å². The summed E-state index contributed by atoms with van der Waals surface area (Å²) < 4.78 is 27.1. The minimum Gasteiger partial charge on any atom is -0.377 e. The monoisotopic (exact) mass is 360 g/mol. The Morgan fingerprint density at radius 1 is 1.25 bits per heavy atom. The highest BCUT2D eigenvalue weighted by Crippen LogP contribution is 2.27. The zero-order valence-corrected chi connectivity index (χ0v) is 13.8. The van der Waals surface area contributed by atoms with Gasteiger partial charge in [0.15, 0.2) is 0 Å². The van der Waals surface area contributed by atoms with Crippen LogP contribution in [0.1, 0.15) is 31.5 Å². The first-order chi connectivity index (χ1) is 9.27. The SMILES string of the molecule is CC(C)(C)c1nc(CNc2cc(F)c(Br)cc2F)cs1. The molecule has 1 aromatic carbocycles. The van der Waals surface area contributed by atoms with Crippen LogP contribution >= 0.6 is 27.3 Å². The van der Waals surface area contributed by atoms with Gasteiger partial charge in [0.2, 0.25) is 0 Å². The van der Waals surface area contributed by atoms with Crippen molar-refractivity contribution >= 4 is 33.0 Å². The van der Waals surface area contributed by atoms with E-state index in [4.69, 9.17) is 0 Å². The zero-order valence-electron chi connectivity index (χ0n) is 11.4. The Morgan fingerprint density at radius 3 is 2.55 bits per heavy atom. The van der Waals surface area contributed by atoms with Crippen molar-refractivity contribution in [2.75, 3.05) is 5.32 Å². The van der Waals surface area contributed by atoms with Crippen molar-refractivity contribution in [2.24, 2.45) is 0 Å². The standard InChI is InChI=1S/C14H15BrF2N2S/c1-14(2,3)13-19-8(7-20-13)6-18-12-5-10(16)9(15)4-11(12)17/h4-5,7,18H,6H2,1-3H3. The summed E-state index contributed by atoms with van der Waals surface area (Å²) in [7, 11) is 0. The largest absolute Gasteiger partial charge is 0.377 e. The van der Waals surface area contributed by atoms with Crippen LogP contribution in [-0.2, 0) is 12.0 Å². The van der Waals surface area contributed by atoms with E-state index in [1.165, 1.54) is 0 Å². The lowest BCUT2D eigenvalue weighted by molar-refractivity contribution is 0.583. The molecule has 20 heavy (non-hydrogen) atoms. The lowest BCUT2D eigenvalue weighted by Gasteiger charge is -2.13. The highest BCUT2D eigenvalue weighted by atomic mass is 79.9. The first-order valence-corrected chi connectivity index (χ1v) is 7.78. The average molecular weight is 361 g/mol. The fourth-order valence-corrected chi connectivity index (χ4v) is 2.80. The van der Waals surface area contributed by atoms with Crippen molar-refractivity contribution in [3.63, 3.8) is 0 Å². The summed E-state index contributed by atoms with van der Waals surface area (Å²) in [6.45, 7) is 6.64. The van der Waals surface area contributed by atoms with E-state index >= 15 is 0 Å². The summed E-state index contributed by atoms with van der Waals surface area (Å²) in [5.74, 6) is -0.993. The van der Waals surface area contributed by atoms with Gasteiger partial charge >= 0.3 is 0 Å². The van der Waals surface area contributed by atoms with Crippen molar-refractivity contribution in [1.82, 2.24) is 4.98 Å². The Labute approximate surface area is 129 Å². The second-order valence-corrected chi connectivity index (χ2v) is 7.21. The molecule has 0 fully saturated rings. The maximum absolute atomic E-state index is 13.7. The van der Waals surface area contributed by atoms with Gasteiger partial charge in [-0.15, -0.1) is 11.3 Å². The summed E-state index contributed by atoms with van der Waals surface area (Å²) in [6.07, 6.45) is 0. The molecule has 108 valence electrons. The Balaban J connectivity index is 2.09. The van der Waals surface area contributed by atoms with E-state index < -0.39 is 11.6 Å². The van der Waals surface area contributed by atoms with Crippen molar-refractivity contribution in [3.05, 3.63) is 44.3 Å². The predicted octanol–water partition coefficient (Wildman–Crippen LogP) is 5.09. The van der Waals surface area contributed by atoms with Crippen molar-refractivity contribution < 1.29 is 8.78 Å². The van der Waals surface area contributed by atoms with E-state index in [0.717, 1.165) is 22.8 Å². The smallest absolute Gasteiger partial charge is 0.147 e. The quantitative estimate of drug-likeness (QED) is 0.770. The molecule has 1 heterocycles. The second-order valence-electron chi connectivity index (χ2n) is 5.49. The number of benzene rings is 1.